The topological polar surface area (TPSA) is 44.9 Å². The van der Waals surface area contributed by atoms with Gasteiger partial charge in [0, 0.05) is 23.3 Å². The van der Waals surface area contributed by atoms with Gasteiger partial charge in [-0.1, -0.05) is 0 Å². The summed E-state index contributed by atoms with van der Waals surface area (Å²) in [6, 6.07) is 4.85. The third-order valence-corrected chi connectivity index (χ3v) is 4.66. The van der Waals surface area contributed by atoms with E-state index in [1.165, 1.54) is 6.07 Å². The highest BCUT2D eigenvalue weighted by Gasteiger charge is 2.23. The SMILES string of the molecule is CC(NS(=O)C(C)(C)C)c1cc2cc[nH]c2cc1F. The third kappa shape index (κ3) is 3.04. The van der Waals surface area contributed by atoms with E-state index in [-0.39, 0.29) is 16.6 Å². The number of benzene rings is 1. The Balaban J connectivity index is 2.28. The van der Waals surface area contributed by atoms with Crippen molar-refractivity contribution in [2.75, 3.05) is 0 Å². The van der Waals surface area contributed by atoms with Gasteiger partial charge in [0.2, 0.25) is 0 Å². The van der Waals surface area contributed by atoms with E-state index in [2.05, 4.69) is 9.71 Å². The molecule has 5 heteroatoms. The van der Waals surface area contributed by atoms with Crippen molar-refractivity contribution in [2.24, 2.45) is 0 Å². The minimum absolute atomic E-state index is 0.291. The second kappa shape index (κ2) is 5.06. The zero-order valence-corrected chi connectivity index (χ0v) is 12.4. The minimum atomic E-state index is -1.22. The smallest absolute Gasteiger partial charge is 0.130 e. The lowest BCUT2D eigenvalue weighted by Gasteiger charge is -2.22. The van der Waals surface area contributed by atoms with Crippen LogP contribution in [0.2, 0.25) is 0 Å². The molecule has 19 heavy (non-hydrogen) atoms. The van der Waals surface area contributed by atoms with Gasteiger partial charge in [0.05, 0.1) is 15.7 Å². The third-order valence-electron chi connectivity index (χ3n) is 2.98. The van der Waals surface area contributed by atoms with Gasteiger partial charge in [0.15, 0.2) is 0 Å². The average Bonchev–Trinajstić information content (AvgIpc) is 2.73. The number of rotatable bonds is 3. The molecule has 0 amide bonds. The van der Waals surface area contributed by atoms with E-state index in [0.29, 0.717) is 5.56 Å². The van der Waals surface area contributed by atoms with E-state index in [0.717, 1.165) is 10.9 Å². The van der Waals surface area contributed by atoms with E-state index in [4.69, 9.17) is 0 Å². The van der Waals surface area contributed by atoms with Crippen LogP contribution in [0.4, 0.5) is 4.39 Å². The van der Waals surface area contributed by atoms with Crippen LogP contribution in [-0.4, -0.2) is 13.9 Å². The van der Waals surface area contributed by atoms with Gasteiger partial charge in [-0.05, 0) is 51.3 Å². The lowest BCUT2D eigenvalue weighted by Crippen LogP contribution is -2.35. The Morgan fingerprint density at radius 2 is 2.05 bits per heavy atom. The number of H-pyrrole nitrogens is 1. The van der Waals surface area contributed by atoms with E-state index in [1.54, 1.807) is 12.3 Å². The summed E-state index contributed by atoms with van der Waals surface area (Å²) in [5.41, 5.74) is 1.30. The van der Waals surface area contributed by atoms with Crippen LogP contribution in [0.25, 0.3) is 10.9 Å². The van der Waals surface area contributed by atoms with Crippen LogP contribution in [0.3, 0.4) is 0 Å². The molecule has 0 spiro atoms. The summed E-state index contributed by atoms with van der Waals surface area (Å²) in [6.07, 6.45) is 1.78. The summed E-state index contributed by atoms with van der Waals surface area (Å²) in [5.74, 6) is -0.291. The van der Waals surface area contributed by atoms with Crippen LogP contribution in [0.15, 0.2) is 24.4 Å². The van der Waals surface area contributed by atoms with Crippen molar-refractivity contribution in [3.8, 4) is 0 Å². The normalized spacial score (nSPS) is 15.6. The first-order valence-corrected chi connectivity index (χ1v) is 7.38. The fourth-order valence-electron chi connectivity index (χ4n) is 1.82. The van der Waals surface area contributed by atoms with Crippen LogP contribution in [0, 0.1) is 5.82 Å². The molecule has 2 rings (SSSR count). The summed E-state index contributed by atoms with van der Waals surface area (Å²) >= 11 is 0. The Morgan fingerprint density at radius 1 is 1.37 bits per heavy atom. The highest BCUT2D eigenvalue weighted by Crippen LogP contribution is 2.24. The first-order valence-electron chi connectivity index (χ1n) is 6.23. The van der Waals surface area contributed by atoms with Gasteiger partial charge in [-0.15, -0.1) is 0 Å². The lowest BCUT2D eigenvalue weighted by atomic mass is 10.1. The van der Waals surface area contributed by atoms with Crippen molar-refractivity contribution in [3.05, 3.63) is 35.8 Å². The van der Waals surface area contributed by atoms with Gasteiger partial charge in [0.1, 0.15) is 5.82 Å². The van der Waals surface area contributed by atoms with Crippen molar-refractivity contribution in [2.45, 2.75) is 38.5 Å². The summed E-state index contributed by atoms with van der Waals surface area (Å²) in [4.78, 5) is 2.97. The maximum absolute atomic E-state index is 14.0. The van der Waals surface area contributed by atoms with E-state index in [1.807, 2.05) is 33.8 Å². The number of fused-ring (bicyclic) bond motifs is 1. The van der Waals surface area contributed by atoms with Gasteiger partial charge in [-0.3, -0.25) is 0 Å². The number of aromatic nitrogens is 1. The number of halogens is 1. The molecule has 0 bridgehead atoms. The standard InChI is InChI=1S/C14H19FN2OS/c1-9(17-19(18)14(2,3)4)11-7-10-5-6-16-13(10)8-12(11)15/h5-9,16-17H,1-4H3. The summed E-state index contributed by atoms with van der Waals surface area (Å²) < 4.78 is 28.7. The van der Waals surface area contributed by atoms with Crippen LogP contribution >= 0.6 is 0 Å². The highest BCUT2D eigenvalue weighted by molar-refractivity contribution is 7.84. The summed E-state index contributed by atoms with van der Waals surface area (Å²) in [5, 5.41) is 0.951. The largest absolute Gasteiger partial charge is 0.361 e. The molecule has 0 fully saturated rings. The Morgan fingerprint density at radius 3 is 2.68 bits per heavy atom. The summed E-state index contributed by atoms with van der Waals surface area (Å²) in [7, 11) is -1.22. The molecule has 2 aromatic rings. The van der Waals surface area contributed by atoms with Crippen molar-refractivity contribution >= 4 is 21.9 Å². The zero-order chi connectivity index (χ0) is 14.2. The van der Waals surface area contributed by atoms with Gasteiger partial charge >= 0.3 is 0 Å². The average molecular weight is 282 g/mol. The molecule has 0 aliphatic heterocycles. The molecule has 1 aromatic heterocycles. The molecule has 0 radical (unpaired) electrons. The van der Waals surface area contributed by atoms with Crippen LogP contribution in [-0.2, 0) is 11.0 Å². The molecule has 1 aromatic carbocycles. The van der Waals surface area contributed by atoms with Crippen molar-refractivity contribution in [1.82, 2.24) is 9.71 Å². The predicted molar refractivity (Wildman–Crippen MR) is 77.7 cm³/mol. The van der Waals surface area contributed by atoms with Crippen molar-refractivity contribution in [1.29, 1.82) is 0 Å². The molecule has 0 saturated carbocycles. The first-order chi connectivity index (χ1) is 8.79. The number of hydrogen-bond donors (Lipinski definition) is 2. The Kier molecular flexibility index (Phi) is 3.78. The lowest BCUT2D eigenvalue weighted by molar-refractivity contribution is 0.573. The van der Waals surface area contributed by atoms with E-state index >= 15 is 0 Å². The van der Waals surface area contributed by atoms with Crippen LogP contribution in [0.1, 0.15) is 39.3 Å². The molecule has 1 heterocycles. The predicted octanol–water partition coefficient (Wildman–Crippen LogP) is 3.42. The first kappa shape index (κ1) is 14.2. The van der Waals surface area contributed by atoms with Crippen molar-refractivity contribution in [3.63, 3.8) is 0 Å². The molecule has 2 unspecified atom stereocenters. The summed E-state index contributed by atoms with van der Waals surface area (Å²) in [6.45, 7) is 7.47. The fourth-order valence-corrected chi connectivity index (χ4v) is 2.63. The van der Waals surface area contributed by atoms with E-state index in [9.17, 15) is 8.60 Å². The monoisotopic (exact) mass is 282 g/mol. The van der Waals surface area contributed by atoms with E-state index < -0.39 is 11.0 Å². The molecule has 0 saturated heterocycles. The number of nitrogens with one attached hydrogen (secondary N) is 2. The van der Waals surface area contributed by atoms with Gasteiger partial charge < -0.3 is 4.98 Å². The van der Waals surface area contributed by atoms with Gasteiger partial charge in [-0.2, -0.15) is 0 Å². The Hall–Kier alpha value is -1.20. The van der Waals surface area contributed by atoms with Crippen LogP contribution < -0.4 is 4.72 Å². The molecule has 3 nitrogen and oxygen atoms in total. The second-order valence-electron chi connectivity index (χ2n) is 5.66. The molecule has 0 aliphatic rings. The Labute approximate surface area is 115 Å². The molecular weight excluding hydrogens is 263 g/mol. The van der Waals surface area contributed by atoms with Gasteiger partial charge in [0.25, 0.3) is 0 Å². The number of hydrogen-bond acceptors (Lipinski definition) is 1. The maximum Gasteiger partial charge on any atom is 0.130 e. The highest BCUT2D eigenvalue weighted by atomic mass is 32.2. The van der Waals surface area contributed by atoms with Crippen molar-refractivity contribution < 1.29 is 8.60 Å². The van der Waals surface area contributed by atoms with Crippen LogP contribution in [0.5, 0.6) is 0 Å². The fraction of sp³-hybridized carbons (Fsp3) is 0.429. The maximum atomic E-state index is 14.0. The molecule has 104 valence electrons. The number of aromatic amines is 1. The molecule has 2 N–H and O–H groups in total. The Bertz CT molecular complexity index is 615. The zero-order valence-electron chi connectivity index (χ0n) is 11.6. The molecule has 0 aliphatic carbocycles. The quantitative estimate of drug-likeness (QED) is 0.890. The van der Waals surface area contributed by atoms with Gasteiger partial charge in [-0.25, -0.2) is 13.3 Å². The molecule has 2 atom stereocenters. The second-order valence-corrected chi connectivity index (χ2v) is 7.66. The molecular formula is C14H19FN2OS. The minimum Gasteiger partial charge on any atom is -0.361 e.